The lowest BCUT2D eigenvalue weighted by molar-refractivity contribution is 0.794. The molecule has 5 heteroatoms. The molecule has 0 aliphatic rings. The minimum Gasteiger partial charge on any atom is -0.329 e. The van der Waals surface area contributed by atoms with Crippen molar-refractivity contribution in [2.45, 2.75) is 20.4 Å². The van der Waals surface area contributed by atoms with Crippen molar-refractivity contribution < 1.29 is 0 Å². The van der Waals surface area contributed by atoms with Gasteiger partial charge in [0.1, 0.15) is 0 Å². The summed E-state index contributed by atoms with van der Waals surface area (Å²) in [5, 5.41) is 0. The van der Waals surface area contributed by atoms with Crippen molar-refractivity contribution in [1.29, 1.82) is 0 Å². The second-order valence-electron chi connectivity index (χ2n) is 4.65. The van der Waals surface area contributed by atoms with Crippen molar-refractivity contribution in [3.63, 3.8) is 0 Å². The van der Waals surface area contributed by atoms with Gasteiger partial charge in [-0.15, -0.1) is 0 Å². The molecule has 19 heavy (non-hydrogen) atoms. The number of nitrogens with zero attached hydrogens (tertiary/aromatic N) is 3. The number of aromatic nitrogens is 4. The smallest absolute Gasteiger partial charge is 0.179 e. The lowest BCUT2D eigenvalue weighted by Crippen LogP contribution is -2.02. The summed E-state index contributed by atoms with van der Waals surface area (Å²) in [5.74, 6) is 0. The van der Waals surface area contributed by atoms with Crippen LogP contribution in [0.25, 0.3) is 11.2 Å². The van der Waals surface area contributed by atoms with E-state index in [9.17, 15) is 0 Å². The average Bonchev–Trinajstić information content (AvgIpc) is 2.69. The summed E-state index contributed by atoms with van der Waals surface area (Å²) in [4.78, 5) is 12.0. The fraction of sp³-hybridized carbons (Fsp3) is 0.214. The van der Waals surface area contributed by atoms with Crippen molar-refractivity contribution in [3.8, 4) is 0 Å². The van der Waals surface area contributed by atoms with Crippen molar-refractivity contribution in [2.75, 3.05) is 0 Å². The molecule has 3 rings (SSSR count). The van der Waals surface area contributed by atoms with E-state index in [1.165, 1.54) is 0 Å². The van der Waals surface area contributed by atoms with Crippen LogP contribution in [-0.4, -0.2) is 19.5 Å². The van der Waals surface area contributed by atoms with E-state index < -0.39 is 0 Å². The largest absolute Gasteiger partial charge is 0.329 e. The summed E-state index contributed by atoms with van der Waals surface area (Å²) in [6.07, 6.45) is 1.88. The first-order valence-corrected chi connectivity index (χ1v) is 6.52. The average molecular weight is 270 g/mol. The van der Waals surface area contributed by atoms with Crippen molar-refractivity contribution in [1.82, 2.24) is 19.5 Å². The Morgan fingerprint density at radius 2 is 1.95 bits per heavy atom. The molecule has 3 aromatic heterocycles. The maximum Gasteiger partial charge on any atom is 0.179 e. The molecule has 0 unspecified atom stereocenters. The van der Waals surface area contributed by atoms with Gasteiger partial charge in [0.15, 0.2) is 10.4 Å². The van der Waals surface area contributed by atoms with Gasteiger partial charge in [-0.25, -0.2) is 4.98 Å². The molecule has 0 spiro atoms. The summed E-state index contributed by atoms with van der Waals surface area (Å²) in [7, 11) is 0. The standard InChI is InChI=1S/C14H14N4S/c1-9-3-5-11(7-15-9)8-18-13-12(17-14(18)19)6-4-10(2)16-13/h3-7H,8H2,1-2H3,(H,17,19). The molecule has 3 aromatic rings. The third kappa shape index (κ3) is 2.29. The van der Waals surface area contributed by atoms with Crippen LogP contribution in [0.1, 0.15) is 17.0 Å². The number of hydrogen-bond acceptors (Lipinski definition) is 3. The van der Waals surface area contributed by atoms with Crippen LogP contribution in [0.3, 0.4) is 0 Å². The van der Waals surface area contributed by atoms with Crippen LogP contribution in [0.4, 0.5) is 0 Å². The molecule has 0 atom stereocenters. The fourth-order valence-corrected chi connectivity index (χ4v) is 2.31. The Morgan fingerprint density at radius 1 is 1.16 bits per heavy atom. The molecule has 0 saturated carbocycles. The van der Waals surface area contributed by atoms with Crippen LogP contribution < -0.4 is 0 Å². The van der Waals surface area contributed by atoms with Gasteiger partial charge in [0.25, 0.3) is 0 Å². The number of fused-ring (bicyclic) bond motifs is 1. The van der Waals surface area contributed by atoms with Gasteiger partial charge in [-0.2, -0.15) is 0 Å². The van der Waals surface area contributed by atoms with E-state index in [0.29, 0.717) is 11.3 Å². The molecular weight excluding hydrogens is 256 g/mol. The van der Waals surface area contributed by atoms with Crippen LogP contribution in [-0.2, 0) is 6.54 Å². The van der Waals surface area contributed by atoms with Gasteiger partial charge in [0, 0.05) is 17.6 Å². The summed E-state index contributed by atoms with van der Waals surface area (Å²) < 4.78 is 2.69. The quantitative estimate of drug-likeness (QED) is 0.728. The molecule has 0 bridgehead atoms. The number of aryl methyl sites for hydroxylation is 2. The number of pyridine rings is 2. The highest BCUT2D eigenvalue weighted by molar-refractivity contribution is 7.71. The Balaban J connectivity index is 2.09. The van der Waals surface area contributed by atoms with E-state index in [1.807, 2.05) is 42.8 Å². The van der Waals surface area contributed by atoms with E-state index in [2.05, 4.69) is 21.0 Å². The molecule has 0 radical (unpaired) electrons. The molecule has 3 heterocycles. The first-order valence-electron chi connectivity index (χ1n) is 6.11. The van der Waals surface area contributed by atoms with Crippen molar-refractivity contribution >= 4 is 23.4 Å². The van der Waals surface area contributed by atoms with Crippen LogP contribution >= 0.6 is 12.2 Å². The first kappa shape index (κ1) is 12.0. The van der Waals surface area contributed by atoms with Gasteiger partial charge in [0.05, 0.1) is 12.1 Å². The van der Waals surface area contributed by atoms with Crippen LogP contribution in [0.5, 0.6) is 0 Å². The van der Waals surface area contributed by atoms with E-state index in [-0.39, 0.29) is 0 Å². The summed E-state index contributed by atoms with van der Waals surface area (Å²) in [6, 6.07) is 8.06. The van der Waals surface area contributed by atoms with Crippen molar-refractivity contribution in [2.24, 2.45) is 0 Å². The van der Waals surface area contributed by atoms with Crippen LogP contribution in [0.15, 0.2) is 30.5 Å². The Bertz CT molecular complexity index is 783. The highest BCUT2D eigenvalue weighted by Crippen LogP contribution is 2.14. The van der Waals surface area contributed by atoms with Gasteiger partial charge in [-0.1, -0.05) is 6.07 Å². The maximum atomic E-state index is 5.37. The van der Waals surface area contributed by atoms with E-state index in [0.717, 1.165) is 28.1 Å². The number of aromatic amines is 1. The minimum atomic E-state index is 0.683. The fourth-order valence-electron chi connectivity index (χ4n) is 2.05. The van der Waals surface area contributed by atoms with Gasteiger partial charge >= 0.3 is 0 Å². The van der Waals surface area contributed by atoms with E-state index >= 15 is 0 Å². The Labute approximate surface area is 116 Å². The third-order valence-electron chi connectivity index (χ3n) is 3.07. The number of H-pyrrole nitrogens is 1. The lowest BCUT2D eigenvalue weighted by Gasteiger charge is -2.04. The predicted octanol–water partition coefficient (Wildman–Crippen LogP) is 3.15. The van der Waals surface area contributed by atoms with Gasteiger partial charge in [-0.3, -0.25) is 9.55 Å². The SMILES string of the molecule is Cc1ccc(Cn2c(=S)[nH]c3ccc(C)nc32)cn1. The third-order valence-corrected chi connectivity index (χ3v) is 3.39. The van der Waals surface area contributed by atoms with Crippen LogP contribution in [0, 0.1) is 18.6 Å². The number of hydrogen-bond donors (Lipinski definition) is 1. The highest BCUT2D eigenvalue weighted by atomic mass is 32.1. The maximum absolute atomic E-state index is 5.37. The van der Waals surface area contributed by atoms with Gasteiger partial charge in [0.2, 0.25) is 0 Å². The number of imidazole rings is 1. The summed E-state index contributed by atoms with van der Waals surface area (Å²) in [5.41, 5.74) is 4.98. The summed E-state index contributed by atoms with van der Waals surface area (Å²) >= 11 is 5.37. The highest BCUT2D eigenvalue weighted by Gasteiger charge is 2.06. The molecule has 0 aromatic carbocycles. The Morgan fingerprint density at radius 3 is 2.68 bits per heavy atom. The monoisotopic (exact) mass is 270 g/mol. The predicted molar refractivity (Wildman–Crippen MR) is 77.7 cm³/mol. The number of nitrogens with one attached hydrogen (secondary N) is 1. The molecule has 1 N–H and O–H groups in total. The molecule has 4 nitrogen and oxygen atoms in total. The zero-order valence-corrected chi connectivity index (χ0v) is 11.7. The molecular formula is C14H14N4S. The van der Waals surface area contributed by atoms with Crippen molar-refractivity contribution in [3.05, 3.63) is 52.2 Å². The normalized spacial score (nSPS) is 11.1. The topological polar surface area (TPSA) is 46.5 Å². The molecule has 0 saturated heterocycles. The summed E-state index contributed by atoms with van der Waals surface area (Å²) in [6.45, 7) is 4.64. The van der Waals surface area contributed by atoms with Gasteiger partial charge in [-0.05, 0) is 49.8 Å². The van der Waals surface area contributed by atoms with E-state index in [4.69, 9.17) is 12.2 Å². The van der Waals surface area contributed by atoms with E-state index in [1.54, 1.807) is 0 Å². The molecule has 0 amide bonds. The first-order chi connectivity index (χ1) is 9.13. The molecule has 0 aliphatic carbocycles. The van der Waals surface area contributed by atoms with Crippen LogP contribution in [0.2, 0.25) is 0 Å². The molecule has 96 valence electrons. The zero-order valence-electron chi connectivity index (χ0n) is 10.8. The Kier molecular flexibility index (Phi) is 2.91. The number of rotatable bonds is 2. The molecule has 0 aliphatic heterocycles. The minimum absolute atomic E-state index is 0.683. The lowest BCUT2D eigenvalue weighted by atomic mass is 10.2. The Hall–Kier alpha value is -2.01. The second kappa shape index (κ2) is 4.59. The second-order valence-corrected chi connectivity index (χ2v) is 5.03. The molecule has 0 fully saturated rings. The van der Waals surface area contributed by atoms with Gasteiger partial charge < -0.3 is 4.98 Å². The zero-order chi connectivity index (χ0) is 13.4.